The third-order valence-corrected chi connectivity index (χ3v) is 8.03. The highest BCUT2D eigenvalue weighted by Crippen LogP contribution is 2.41. The lowest BCUT2D eigenvalue weighted by atomic mass is 10.2. The Hall–Kier alpha value is -3.48. The smallest absolute Gasteiger partial charge is 0.268 e. The fourth-order valence-corrected chi connectivity index (χ4v) is 6.28. The van der Waals surface area contributed by atoms with Crippen molar-refractivity contribution in [3.05, 3.63) is 121 Å². The lowest BCUT2D eigenvalue weighted by Gasteiger charge is -2.13. The van der Waals surface area contributed by atoms with E-state index in [4.69, 9.17) is 4.74 Å². The third-order valence-electron chi connectivity index (χ3n) is 5.24. The molecule has 0 saturated heterocycles. The number of aromatic nitrogens is 1. The van der Waals surface area contributed by atoms with Crippen LogP contribution >= 0.6 is 11.8 Å². The maximum Gasteiger partial charge on any atom is 0.268 e. The fourth-order valence-electron chi connectivity index (χ4n) is 3.72. The van der Waals surface area contributed by atoms with Gasteiger partial charge >= 0.3 is 0 Å². The van der Waals surface area contributed by atoms with Crippen LogP contribution in [0.3, 0.4) is 0 Å². The quantitative estimate of drug-likeness (QED) is 0.241. The van der Waals surface area contributed by atoms with Crippen molar-refractivity contribution in [2.45, 2.75) is 15.5 Å². The number of hydrogen-bond acceptors (Lipinski definition) is 4. The van der Waals surface area contributed by atoms with Crippen molar-refractivity contribution in [2.24, 2.45) is 0 Å². The van der Waals surface area contributed by atoms with Crippen LogP contribution in [-0.2, 0) is 15.8 Å². The number of para-hydroxylation sites is 2. The van der Waals surface area contributed by atoms with E-state index >= 15 is 0 Å². The van der Waals surface area contributed by atoms with Crippen LogP contribution in [0.4, 0.5) is 0 Å². The standard InChI is InChI=1S/C27H21NO3S2/c29-33(30,23-16-8-3-9-17-23)28-25-19-11-10-18-24(25)27(31-21-12-4-1-5-13-21)26(28)20-32-22-14-6-2-7-15-22/h1-19H,20H2. The van der Waals surface area contributed by atoms with Crippen LogP contribution in [0, 0.1) is 0 Å². The number of nitrogens with zero attached hydrogens (tertiary/aromatic N) is 1. The van der Waals surface area contributed by atoms with Gasteiger partial charge in [0.15, 0.2) is 5.75 Å². The van der Waals surface area contributed by atoms with E-state index in [2.05, 4.69) is 0 Å². The number of hydrogen-bond donors (Lipinski definition) is 0. The summed E-state index contributed by atoms with van der Waals surface area (Å²) in [5.41, 5.74) is 1.19. The lowest BCUT2D eigenvalue weighted by molar-refractivity contribution is 0.482. The zero-order valence-electron chi connectivity index (χ0n) is 17.7. The minimum absolute atomic E-state index is 0.239. The lowest BCUT2D eigenvalue weighted by Crippen LogP contribution is -2.15. The van der Waals surface area contributed by atoms with Crippen LogP contribution in [0.2, 0.25) is 0 Å². The van der Waals surface area contributed by atoms with Gasteiger partial charge in [0, 0.05) is 16.0 Å². The summed E-state index contributed by atoms with van der Waals surface area (Å²) in [7, 11) is -3.85. The third kappa shape index (κ3) is 4.27. The highest BCUT2D eigenvalue weighted by atomic mass is 32.2. The SMILES string of the molecule is O=S(=O)(c1ccccc1)n1c(CSc2ccccc2)c(Oc2ccccc2)c2ccccc21. The van der Waals surface area contributed by atoms with Crippen molar-refractivity contribution in [3.63, 3.8) is 0 Å². The van der Waals surface area contributed by atoms with Crippen LogP contribution in [0.15, 0.2) is 125 Å². The van der Waals surface area contributed by atoms with E-state index in [1.165, 1.54) is 3.97 Å². The van der Waals surface area contributed by atoms with Crippen molar-refractivity contribution < 1.29 is 13.2 Å². The molecule has 0 N–H and O–H groups in total. The van der Waals surface area contributed by atoms with Gasteiger partial charge in [-0.25, -0.2) is 12.4 Å². The molecule has 1 heterocycles. The highest BCUT2D eigenvalue weighted by molar-refractivity contribution is 7.98. The minimum atomic E-state index is -3.85. The Labute approximate surface area is 197 Å². The summed E-state index contributed by atoms with van der Waals surface area (Å²) in [4.78, 5) is 1.29. The number of thioether (sulfide) groups is 1. The Morgan fingerprint density at radius 2 is 1.27 bits per heavy atom. The van der Waals surface area contributed by atoms with Crippen molar-refractivity contribution in [2.75, 3.05) is 0 Å². The molecule has 6 heteroatoms. The molecule has 4 nitrogen and oxygen atoms in total. The molecule has 0 bridgehead atoms. The van der Waals surface area contributed by atoms with Gasteiger partial charge in [0.25, 0.3) is 10.0 Å². The first-order chi connectivity index (χ1) is 16.1. The van der Waals surface area contributed by atoms with Gasteiger partial charge in [0.05, 0.1) is 16.1 Å². The molecule has 164 valence electrons. The molecule has 0 aliphatic heterocycles. The van der Waals surface area contributed by atoms with E-state index in [1.54, 1.807) is 36.0 Å². The van der Waals surface area contributed by atoms with Crippen molar-refractivity contribution in [3.8, 4) is 11.5 Å². The Morgan fingerprint density at radius 1 is 0.697 bits per heavy atom. The zero-order chi connectivity index (χ0) is 22.7. The average molecular weight is 472 g/mol. The molecule has 5 rings (SSSR count). The van der Waals surface area contributed by atoms with E-state index < -0.39 is 10.0 Å². The normalized spacial score (nSPS) is 11.5. The topological polar surface area (TPSA) is 48.3 Å². The van der Waals surface area contributed by atoms with Gasteiger partial charge < -0.3 is 4.74 Å². The van der Waals surface area contributed by atoms with E-state index in [0.717, 1.165) is 10.3 Å². The molecule has 1 aromatic heterocycles. The van der Waals surface area contributed by atoms with E-state index in [9.17, 15) is 8.42 Å². The molecule has 0 atom stereocenters. The van der Waals surface area contributed by atoms with Crippen LogP contribution in [-0.4, -0.2) is 12.4 Å². The van der Waals surface area contributed by atoms with Crippen LogP contribution in [0.5, 0.6) is 11.5 Å². The second-order valence-electron chi connectivity index (χ2n) is 7.39. The first kappa shape index (κ1) is 21.4. The Kier molecular flexibility index (Phi) is 5.94. The van der Waals surface area contributed by atoms with Gasteiger partial charge in [-0.15, -0.1) is 11.8 Å². The van der Waals surface area contributed by atoms with E-state index in [-0.39, 0.29) is 4.90 Å². The molecule has 0 aliphatic rings. The molecule has 33 heavy (non-hydrogen) atoms. The van der Waals surface area contributed by atoms with Crippen molar-refractivity contribution in [1.29, 1.82) is 0 Å². The van der Waals surface area contributed by atoms with E-state index in [0.29, 0.717) is 28.5 Å². The van der Waals surface area contributed by atoms with Gasteiger partial charge in [0.2, 0.25) is 0 Å². The molecule has 0 aliphatic carbocycles. The minimum Gasteiger partial charge on any atom is -0.455 e. The summed E-state index contributed by atoms with van der Waals surface area (Å²) >= 11 is 1.57. The van der Waals surface area contributed by atoms with Crippen LogP contribution < -0.4 is 4.74 Å². The second-order valence-corrected chi connectivity index (χ2v) is 10.2. The molecular weight excluding hydrogens is 450 g/mol. The maximum atomic E-state index is 13.8. The average Bonchev–Trinajstić information content (AvgIpc) is 3.18. The number of ether oxygens (including phenoxy) is 1. The first-order valence-electron chi connectivity index (χ1n) is 10.5. The van der Waals surface area contributed by atoms with Crippen molar-refractivity contribution in [1.82, 2.24) is 3.97 Å². The molecule has 0 spiro atoms. The van der Waals surface area contributed by atoms with Gasteiger partial charge in [0.1, 0.15) is 5.75 Å². The summed E-state index contributed by atoms with van der Waals surface area (Å²) in [5, 5.41) is 0.754. The first-order valence-corrected chi connectivity index (χ1v) is 12.9. The van der Waals surface area contributed by atoms with Gasteiger partial charge in [-0.3, -0.25) is 0 Å². The number of rotatable bonds is 7. The molecule has 5 aromatic rings. The molecule has 0 radical (unpaired) electrons. The molecule has 0 fully saturated rings. The maximum absolute atomic E-state index is 13.8. The summed E-state index contributed by atoms with van der Waals surface area (Å²) in [5.74, 6) is 1.63. The number of benzene rings is 4. The van der Waals surface area contributed by atoms with Crippen molar-refractivity contribution >= 4 is 32.7 Å². The second kappa shape index (κ2) is 9.17. The predicted molar refractivity (Wildman–Crippen MR) is 133 cm³/mol. The summed E-state index contributed by atoms with van der Waals surface area (Å²) < 4.78 is 35.4. The summed E-state index contributed by atoms with van der Waals surface area (Å²) in [6.07, 6.45) is 0. The Bertz CT molecular complexity index is 1480. The molecule has 0 amide bonds. The van der Waals surface area contributed by atoms with Gasteiger partial charge in [-0.2, -0.15) is 0 Å². The molecule has 0 unspecified atom stereocenters. The summed E-state index contributed by atoms with van der Waals surface area (Å²) in [6.45, 7) is 0. The monoisotopic (exact) mass is 471 g/mol. The Balaban J connectivity index is 1.72. The number of fused-ring (bicyclic) bond motifs is 1. The molecule has 4 aromatic carbocycles. The Morgan fingerprint density at radius 3 is 1.97 bits per heavy atom. The van der Waals surface area contributed by atoms with E-state index in [1.807, 2.05) is 91.0 Å². The van der Waals surface area contributed by atoms with Gasteiger partial charge in [-0.1, -0.05) is 66.7 Å². The molecular formula is C27H21NO3S2. The molecule has 0 saturated carbocycles. The fraction of sp³-hybridized carbons (Fsp3) is 0.0370. The summed E-state index contributed by atoms with van der Waals surface area (Å²) in [6, 6.07) is 35.4. The predicted octanol–water partition coefficient (Wildman–Crippen LogP) is 6.96. The van der Waals surface area contributed by atoms with Gasteiger partial charge in [-0.05, 0) is 48.5 Å². The largest absolute Gasteiger partial charge is 0.455 e. The highest BCUT2D eigenvalue weighted by Gasteiger charge is 2.28. The van der Waals surface area contributed by atoms with Crippen LogP contribution in [0.25, 0.3) is 10.9 Å². The van der Waals surface area contributed by atoms with Crippen LogP contribution in [0.1, 0.15) is 5.69 Å². The zero-order valence-corrected chi connectivity index (χ0v) is 19.3.